The van der Waals surface area contributed by atoms with Crippen LogP contribution in [0.25, 0.3) is 0 Å². The molecular formula is C35H53N11O13S2. The Kier molecular flexibility index (Phi) is 21.6. The predicted molar refractivity (Wildman–Crippen MR) is 222 cm³/mol. The van der Waals surface area contributed by atoms with E-state index in [4.69, 9.17) is 17.2 Å². The number of phenolic OH excluding ortho intramolecular Hbond substituents is 1. The van der Waals surface area contributed by atoms with Crippen LogP contribution in [0.5, 0.6) is 5.75 Å². The highest BCUT2D eigenvalue weighted by molar-refractivity contribution is 7.80. The smallest absolute Gasteiger partial charge is 0.326 e. The largest absolute Gasteiger partial charge is 0.508 e. The van der Waals surface area contributed by atoms with Crippen LogP contribution >= 0.6 is 25.3 Å². The van der Waals surface area contributed by atoms with Crippen LogP contribution in [0.2, 0.25) is 0 Å². The number of benzene rings is 1. The number of likely N-dealkylation sites (tertiary alicyclic amines) is 1. The van der Waals surface area contributed by atoms with E-state index in [1.807, 2.05) is 0 Å². The van der Waals surface area contributed by atoms with Gasteiger partial charge in [0.25, 0.3) is 0 Å². The molecule has 26 heteroatoms. The van der Waals surface area contributed by atoms with Crippen molar-refractivity contribution in [2.24, 2.45) is 22.2 Å². The Balaban J connectivity index is 2.17. The summed E-state index contributed by atoms with van der Waals surface area (Å²) in [5.74, 6) is -10.1. The zero-order valence-electron chi connectivity index (χ0n) is 32.8. The molecule has 7 atom stereocenters. The Morgan fingerprint density at radius 1 is 0.803 bits per heavy atom. The lowest BCUT2D eigenvalue weighted by atomic mass is 10.1. The molecule has 0 spiro atoms. The van der Waals surface area contributed by atoms with Crippen molar-refractivity contribution < 1.29 is 63.6 Å². The molecule has 0 radical (unpaired) electrons. The zero-order valence-corrected chi connectivity index (χ0v) is 34.6. The number of nitrogens with zero attached hydrogens (tertiary/aromatic N) is 2. The average molecular weight is 900 g/mol. The summed E-state index contributed by atoms with van der Waals surface area (Å²) < 4.78 is 0. The van der Waals surface area contributed by atoms with Crippen LogP contribution in [0.15, 0.2) is 29.3 Å². The SMILES string of the molecule is NC(N)=NCCC[C@H](NC(=O)CNC(=O)[C@H](N)CS)C(=O)N[C@@H](CC(=O)O)C(=O)N[C@@H](CO)C(=O)N1CCC[C@H]1C(=O)N[C@@H](CS)C(=O)N[C@@H](Cc1ccc(O)cc1)C(=O)O. The maximum atomic E-state index is 13.7. The molecule has 1 aliphatic rings. The highest BCUT2D eigenvalue weighted by Crippen LogP contribution is 2.19. The van der Waals surface area contributed by atoms with Gasteiger partial charge >= 0.3 is 11.9 Å². The van der Waals surface area contributed by atoms with Gasteiger partial charge in [0.15, 0.2) is 5.96 Å². The molecule has 7 amide bonds. The van der Waals surface area contributed by atoms with Gasteiger partial charge in [0.2, 0.25) is 41.4 Å². The van der Waals surface area contributed by atoms with Crippen LogP contribution < -0.4 is 49.1 Å². The molecule has 0 unspecified atom stereocenters. The van der Waals surface area contributed by atoms with Gasteiger partial charge in [-0.15, -0.1) is 0 Å². The highest BCUT2D eigenvalue weighted by Gasteiger charge is 2.40. The zero-order chi connectivity index (χ0) is 45.8. The lowest BCUT2D eigenvalue weighted by molar-refractivity contribution is -0.144. The number of aliphatic imine (C=N–C) groups is 1. The number of rotatable bonds is 25. The van der Waals surface area contributed by atoms with Gasteiger partial charge in [-0.3, -0.25) is 43.3 Å². The Bertz CT molecular complexity index is 1770. The molecular weight excluding hydrogens is 847 g/mol. The normalized spacial score (nSPS) is 16.3. The molecule has 1 aromatic carbocycles. The summed E-state index contributed by atoms with van der Waals surface area (Å²) in [5, 5.41) is 52.8. The second-order valence-corrected chi connectivity index (χ2v) is 14.4. The summed E-state index contributed by atoms with van der Waals surface area (Å²) in [4.78, 5) is 120. The molecule has 24 nitrogen and oxygen atoms in total. The average Bonchev–Trinajstić information content (AvgIpc) is 3.71. The van der Waals surface area contributed by atoms with Crippen molar-refractivity contribution in [3.05, 3.63) is 29.8 Å². The second kappa shape index (κ2) is 25.7. The van der Waals surface area contributed by atoms with Gasteiger partial charge in [0.1, 0.15) is 42.0 Å². The number of carbonyl (C=O) groups excluding carboxylic acids is 7. The Hall–Kier alpha value is -5.86. The van der Waals surface area contributed by atoms with Crippen molar-refractivity contribution in [3.63, 3.8) is 0 Å². The first-order valence-electron chi connectivity index (χ1n) is 18.8. The molecule has 0 saturated carbocycles. The fraction of sp³-hybridized carbons (Fsp3) is 0.543. The number of aliphatic hydroxyl groups is 1. The van der Waals surface area contributed by atoms with E-state index in [0.717, 1.165) is 4.90 Å². The molecule has 0 bridgehead atoms. The number of aliphatic hydroxyl groups excluding tert-OH is 1. The van der Waals surface area contributed by atoms with Gasteiger partial charge < -0.3 is 74.4 Å². The molecule has 61 heavy (non-hydrogen) atoms. The molecule has 0 aliphatic carbocycles. The number of guanidine groups is 1. The number of nitrogens with two attached hydrogens (primary N) is 3. The minimum absolute atomic E-state index is 0.0140. The predicted octanol–water partition coefficient (Wildman–Crippen LogP) is -5.74. The van der Waals surface area contributed by atoms with Crippen molar-refractivity contribution in [2.45, 2.75) is 80.8 Å². The van der Waals surface area contributed by atoms with Crippen molar-refractivity contribution in [1.29, 1.82) is 0 Å². The van der Waals surface area contributed by atoms with Crippen molar-refractivity contribution in [2.75, 3.05) is 37.7 Å². The van der Waals surface area contributed by atoms with Gasteiger partial charge in [-0.05, 0) is 43.4 Å². The van der Waals surface area contributed by atoms with Crippen LogP contribution in [-0.4, -0.2) is 165 Å². The van der Waals surface area contributed by atoms with Gasteiger partial charge in [0, 0.05) is 31.0 Å². The number of hydrogen-bond donors (Lipinski definition) is 15. The van der Waals surface area contributed by atoms with Crippen LogP contribution in [0.3, 0.4) is 0 Å². The van der Waals surface area contributed by atoms with E-state index in [9.17, 15) is 63.6 Å². The summed E-state index contributed by atoms with van der Waals surface area (Å²) in [5.41, 5.74) is 16.7. The Morgan fingerprint density at radius 3 is 1.98 bits per heavy atom. The second-order valence-electron chi connectivity index (χ2n) is 13.7. The third kappa shape index (κ3) is 17.3. The van der Waals surface area contributed by atoms with Crippen LogP contribution in [0.4, 0.5) is 0 Å². The van der Waals surface area contributed by atoms with Crippen molar-refractivity contribution in [1.82, 2.24) is 36.8 Å². The summed E-state index contributed by atoms with van der Waals surface area (Å²) >= 11 is 8.02. The maximum Gasteiger partial charge on any atom is 0.326 e. The molecule has 338 valence electrons. The molecule has 16 N–H and O–H groups in total. The van der Waals surface area contributed by atoms with Crippen LogP contribution in [0, 0.1) is 0 Å². The first kappa shape index (κ1) is 51.3. The summed E-state index contributed by atoms with van der Waals surface area (Å²) in [6, 6.07) is -4.44. The third-order valence-electron chi connectivity index (χ3n) is 9.01. The quantitative estimate of drug-likeness (QED) is 0.0188. The topological polar surface area (TPSA) is 400 Å². The van der Waals surface area contributed by atoms with E-state index in [1.165, 1.54) is 24.3 Å². The minimum atomic E-state index is -1.87. The highest BCUT2D eigenvalue weighted by atomic mass is 32.1. The summed E-state index contributed by atoms with van der Waals surface area (Å²) in [6.45, 7) is -1.66. The van der Waals surface area contributed by atoms with Crippen LogP contribution in [-0.2, 0) is 49.6 Å². The van der Waals surface area contributed by atoms with E-state index in [1.54, 1.807) is 0 Å². The van der Waals surface area contributed by atoms with Crippen LogP contribution in [0.1, 0.15) is 37.7 Å². The Labute approximate surface area is 360 Å². The standard InChI is InChI=1S/C35H53N11O13S2/c36-19(15-60)28(52)40-13-26(49)41-20(3-1-9-39-35(37)38)29(53)42-21(12-27(50)51)30(54)44-23(14-47)33(57)46-10-2-4-25(46)32(56)45-24(16-61)31(55)43-22(34(58)59)11-17-5-7-18(48)8-6-17/h5-8,19-25,47-48,60-61H,1-4,9-16,36H2,(H,40,52)(H,41,49)(H,42,53)(H,43,55)(H,44,54)(H,45,56)(H,50,51)(H,58,59)(H4,37,38,39)/t19-,20+,21+,22+,23+,24+,25+/m1/s1. The Morgan fingerprint density at radius 2 is 1.41 bits per heavy atom. The van der Waals surface area contributed by atoms with E-state index in [0.29, 0.717) is 5.56 Å². The number of phenols is 1. The summed E-state index contributed by atoms with van der Waals surface area (Å²) in [7, 11) is 0. The van der Waals surface area contributed by atoms with E-state index >= 15 is 0 Å². The fourth-order valence-electron chi connectivity index (χ4n) is 5.82. The lowest BCUT2D eigenvalue weighted by Gasteiger charge is -2.30. The van der Waals surface area contributed by atoms with Gasteiger partial charge in [0.05, 0.1) is 25.6 Å². The fourth-order valence-corrected chi connectivity index (χ4v) is 6.24. The molecule has 2 rings (SSSR count). The number of thiol groups is 2. The number of amides is 7. The first-order valence-corrected chi connectivity index (χ1v) is 20.0. The van der Waals surface area contributed by atoms with Gasteiger partial charge in [-0.2, -0.15) is 25.3 Å². The van der Waals surface area contributed by atoms with E-state index < -0.39 is 115 Å². The number of nitrogens with one attached hydrogen (secondary N) is 6. The molecule has 1 heterocycles. The van der Waals surface area contributed by atoms with Gasteiger partial charge in [-0.25, -0.2) is 4.79 Å². The number of carboxylic acid groups (broad SMARTS) is 2. The molecule has 1 saturated heterocycles. The van der Waals surface area contributed by atoms with Crippen molar-refractivity contribution >= 4 is 84.5 Å². The first-order chi connectivity index (χ1) is 28.8. The number of carboxylic acids is 2. The molecule has 1 aromatic rings. The lowest BCUT2D eigenvalue weighted by Crippen LogP contribution is -2.60. The molecule has 1 fully saturated rings. The number of hydrogen-bond acceptors (Lipinski definition) is 15. The summed E-state index contributed by atoms with van der Waals surface area (Å²) in [6.07, 6.45) is -0.833. The maximum absolute atomic E-state index is 13.7. The molecule has 1 aliphatic heterocycles. The van der Waals surface area contributed by atoms with E-state index in [2.05, 4.69) is 62.2 Å². The van der Waals surface area contributed by atoms with E-state index in [-0.39, 0.29) is 68.4 Å². The van der Waals surface area contributed by atoms with Gasteiger partial charge in [-0.1, -0.05) is 12.1 Å². The minimum Gasteiger partial charge on any atom is -0.508 e. The molecule has 0 aromatic heterocycles. The third-order valence-corrected chi connectivity index (χ3v) is 9.77. The number of aliphatic carboxylic acids is 2. The monoisotopic (exact) mass is 899 g/mol. The number of carbonyl (C=O) groups is 9. The van der Waals surface area contributed by atoms with Crippen molar-refractivity contribution in [3.8, 4) is 5.75 Å². The number of aromatic hydroxyl groups is 1.